The van der Waals surface area contributed by atoms with Crippen molar-refractivity contribution in [3.05, 3.63) is 94.0 Å². The molecular weight excluding hydrogens is 555 g/mol. The summed E-state index contributed by atoms with van der Waals surface area (Å²) in [5.74, 6) is -0.869. The van der Waals surface area contributed by atoms with Gasteiger partial charge in [0.05, 0.1) is 28.5 Å². The number of carboxylic acids is 1. The van der Waals surface area contributed by atoms with Crippen LogP contribution in [0.15, 0.2) is 71.6 Å². The van der Waals surface area contributed by atoms with Gasteiger partial charge in [-0.05, 0) is 47.7 Å². The number of carbonyl (C=O) groups is 1. The maximum atomic E-state index is 13.4. The topological polar surface area (TPSA) is 83.9 Å². The van der Waals surface area contributed by atoms with Gasteiger partial charge in [-0.15, -0.1) is 0 Å². The van der Waals surface area contributed by atoms with Gasteiger partial charge < -0.3 is 9.84 Å². The molecule has 0 spiro atoms. The van der Waals surface area contributed by atoms with E-state index in [4.69, 9.17) is 21.4 Å². The van der Waals surface area contributed by atoms with E-state index in [0.717, 1.165) is 17.9 Å². The zero-order chi connectivity index (χ0) is 28.6. The molecule has 39 heavy (non-hydrogen) atoms. The van der Waals surface area contributed by atoms with Crippen molar-refractivity contribution in [2.75, 3.05) is 26.0 Å². The number of rotatable bonds is 13. The summed E-state index contributed by atoms with van der Waals surface area (Å²) in [6, 6.07) is 17.8. The molecule has 0 radical (unpaired) electrons. The molecule has 0 fully saturated rings. The Labute approximate surface area is 230 Å². The highest BCUT2D eigenvalue weighted by atomic mass is 35.5. The Balaban J connectivity index is 1.69. The van der Waals surface area contributed by atoms with Crippen LogP contribution < -0.4 is 4.74 Å². The van der Waals surface area contributed by atoms with Crippen molar-refractivity contribution >= 4 is 27.4 Å². The van der Waals surface area contributed by atoms with Gasteiger partial charge in [0.1, 0.15) is 5.75 Å². The standard InChI is InChI=1S/C28H29ClF3NO5S/c1-39(36,37)25-18-23(12-11-21(25)17-26(34)35)38-16-6-14-33(15-13-20-7-3-2-4-8-20)19-22-9-5-10-24(27(22)29)28(30,31)32/h2-5,7-12,18H,6,13-17,19H2,1H3,(H,34,35). The first-order chi connectivity index (χ1) is 18.3. The van der Waals surface area contributed by atoms with Crippen LogP contribution in [0.5, 0.6) is 5.75 Å². The van der Waals surface area contributed by atoms with Crippen molar-refractivity contribution in [1.29, 1.82) is 0 Å². The summed E-state index contributed by atoms with van der Waals surface area (Å²) < 4.78 is 70.1. The van der Waals surface area contributed by atoms with Crippen LogP contribution in [0.25, 0.3) is 0 Å². The average molecular weight is 584 g/mol. The van der Waals surface area contributed by atoms with E-state index >= 15 is 0 Å². The highest BCUT2D eigenvalue weighted by Gasteiger charge is 2.34. The number of ether oxygens (including phenoxy) is 1. The zero-order valence-corrected chi connectivity index (χ0v) is 22.8. The minimum atomic E-state index is -4.55. The molecule has 1 N–H and O–H groups in total. The first-order valence-corrected chi connectivity index (χ1v) is 14.4. The van der Waals surface area contributed by atoms with Crippen LogP contribution in [-0.2, 0) is 40.2 Å². The van der Waals surface area contributed by atoms with E-state index in [0.29, 0.717) is 31.5 Å². The van der Waals surface area contributed by atoms with Crippen molar-refractivity contribution in [3.8, 4) is 5.75 Å². The lowest BCUT2D eigenvalue weighted by atomic mass is 10.1. The highest BCUT2D eigenvalue weighted by Crippen LogP contribution is 2.36. The molecule has 0 aliphatic heterocycles. The first kappa shape index (κ1) is 30.5. The Hall–Kier alpha value is -3.08. The number of sulfone groups is 1. The van der Waals surface area contributed by atoms with E-state index in [9.17, 15) is 26.4 Å². The minimum absolute atomic E-state index is 0.105. The third-order valence-corrected chi connectivity index (χ3v) is 7.63. The van der Waals surface area contributed by atoms with Gasteiger partial charge in [0.2, 0.25) is 0 Å². The average Bonchev–Trinajstić information content (AvgIpc) is 2.85. The monoisotopic (exact) mass is 583 g/mol. The number of carboxylic acid groups (broad SMARTS) is 1. The van der Waals surface area contributed by atoms with Crippen LogP contribution in [0.4, 0.5) is 13.2 Å². The molecule has 210 valence electrons. The van der Waals surface area contributed by atoms with Gasteiger partial charge in [0.15, 0.2) is 9.84 Å². The van der Waals surface area contributed by atoms with Crippen LogP contribution in [0.1, 0.15) is 28.7 Å². The second kappa shape index (κ2) is 13.3. The van der Waals surface area contributed by atoms with Crippen LogP contribution in [0.2, 0.25) is 5.02 Å². The number of hydrogen-bond acceptors (Lipinski definition) is 5. The normalized spacial score (nSPS) is 12.1. The number of hydrogen-bond donors (Lipinski definition) is 1. The molecule has 0 heterocycles. The highest BCUT2D eigenvalue weighted by molar-refractivity contribution is 7.90. The largest absolute Gasteiger partial charge is 0.494 e. The third kappa shape index (κ3) is 9.26. The molecule has 0 unspecified atom stereocenters. The summed E-state index contributed by atoms with van der Waals surface area (Å²) in [5, 5.41) is 8.73. The van der Waals surface area contributed by atoms with Crippen molar-refractivity contribution in [3.63, 3.8) is 0 Å². The van der Waals surface area contributed by atoms with Crippen molar-refractivity contribution in [1.82, 2.24) is 4.90 Å². The Morgan fingerprint density at radius 1 is 1.00 bits per heavy atom. The fourth-order valence-electron chi connectivity index (χ4n) is 4.12. The zero-order valence-electron chi connectivity index (χ0n) is 21.2. The number of alkyl halides is 3. The number of aliphatic carboxylic acids is 1. The predicted molar refractivity (Wildman–Crippen MR) is 143 cm³/mol. The van der Waals surface area contributed by atoms with E-state index in [1.54, 1.807) is 6.07 Å². The summed E-state index contributed by atoms with van der Waals surface area (Å²) >= 11 is 6.13. The van der Waals surface area contributed by atoms with E-state index < -0.39 is 34.0 Å². The van der Waals surface area contributed by atoms with Gasteiger partial charge in [-0.2, -0.15) is 13.2 Å². The van der Waals surface area contributed by atoms with Crippen molar-refractivity contribution in [2.24, 2.45) is 0 Å². The fraction of sp³-hybridized carbons (Fsp3) is 0.321. The molecule has 0 saturated heterocycles. The molecule has 0 aliphatic carbocycles. The molecule has 0 bridgehead atoms. The molecule has 0 aromatic heterocycles. The summed E-state index contributed by atoms with van der Waals surface area (Å²) in [6.45, 7) is 1.46. The fourth-order valence-corrected chi connectivity index (χ4v) is 5.36. The quantitative estimate of drug-likeness (QED) is 0.252. The van der Waals surface area contributed by atoms with E-state index in [1.807, 2.05) is 35.2 Å². The summed E-state index contributed by atoms with van der Waals surface area (Å²) in [6.07, 6.45) is -2.81. The van der Waals surface area contributed by atoms with Gasteiger partial charge >= 0.3 is 12.1 Å². The second-order valence-corrected chi connectivity index (χ2v) is 11.5. The second-order valence-electron chi connectivity index (χ2n) is 9.10. The van der Waals surface area contributed by atoms with Gasteiger partial charge in [-0.25, -0.2) is 8.42 Å². The SMILES string of the molecule is CS(=O)(=O)c1cc(OCCCN(CCc2ccccc2)Cc2cccc(C(F)(F)F)c2Cl)ccc1CC(=O)O. The summed E-state index contributed by atoms with van der Waals surface area (Å²) in [5.41, 5.74) is 0.749. The molecule has 11 heteroatoms. The predicted octanol–water partition coefficient (Wildman–Crippen LogP) is 5.90. The van der Waals surface area contributed by atoms with Crippen LogP contribution in [-0.4, -0.2) is 50.3 Å². The lowest BCUT2D eigenvalue weighted by Gasteiger charge is -2.24. The molecule has 0 amide bonds. The molecule has 0 aliphatic rings. The summed E-state index contributed by atoms with van der Waals surface area (Å²) in [7, 11) is -3.68. The van der Waals surface area contributed by atoms with E-state index in [2.05, 4.69) is 0 Å². The number of benzene rings is 3. The lowest BCUT2D eigenvalue weighted by molar-refractivity contribution is -0.138. The number of halogens is 4. The third-order valence-electron chi connectivity index (χ3n) is 6.00. The molecular formula is C28H29ClF3NO5S. The molecule has 3 rings (SSSR count). The molecule has 0 saturated carbocycles. The van der Waals surface area contributed by atoms with Crippen molar-refractivity contribution in [2.45, 2.75) is 36.9 Å². The molecule has 0 atom stereocenters. The maximum Gasteiger partial charge on any atom is 0.417 e. The number of nitrogens with zero attached hydrogens (tertiary/aromatic N) is 1. The Morgan fingerprint density at radius 2 is 1.72 bits per heavy atom. The van der Waals surface area contributed by atoms with Gasteiger partial charge in [-0.1, -0.05) is 60.1 Å². The van der Waals surface area contributed by atoms with Gasteiger partial charge in [0, 0.05) is 25.9 Å². The summed E-state index contributed by atoms with van der Waals surface area (Å²) in [4.78, 5) is 13.0. The van der Waals surface area contributed by atoms with Gasteiger partial charge in [0.25, 0.3) is 0 Å². The van der Waals surface area contributed by atoms with Crippen LogP contribution in [0.3, 0.4) is 0 Å². The van der Waals surface area contributed by atoms with Crippen LogP contribution >= 0.6 is 11.6 Å². The molecule has 6 nitrogen and oxygen atoms in total. The Morgan fingerprint density at radius 3 is 2.36 bits per heavy atom. The smallest absolute Gasteiger partial charge is 0.417 e. The minimum Gasteiger partial charge on any atom is -0.494 e. The van der Waals surface area contributed by atoms with Crippen molar-refractivity contribution < 1.29 is 36.2 Å². The van der Waals surface area contributed by atoms with E-state index in [1.165, 1.54) is 24.3 Å². The van der Waals surface area contributed by atoms with Crippen LogP contribution in [0, 0.1) is 0 Å². The van der Waals surface area contributed by atoms with E-state index in [-0.39, 0.29) is 34.4 Å². The Kier molecular flexibility index (Phi) is 10.4. The maximum absolute atomic E-state index is 13.4. The lowest BCUT2D eigenvalue weighted by Crippen LogP contribution is -2.28. The first-order valence-electron chi connectivity index (χ1n) is 12.1. The van der Waals surface area contributed by atoms with Gasteiger partial charge in [-0.3, -0.25) is 9.69 Å². The molecule has 3 aromatic carbocycles. The Bertz CT molecular complexity index is 1380. The molecule has 3 aromatic rings.